The van der Waals surface area contributed by atoms with Gasteiger partial charge in [-0.15, -0.1) is 10.2 Å². The van der Waals surface area contributed by atoms with Crippen molar-refractivity contribution in [1.29, 1.82) is 0 Å². The zero-order chi connectivity index (χ0) is 17.2. The second-order valence-corrected chi connectivity index (χ2v) is 7.60. The normalized spacial score (nSPS) is 11.8. The molecule has 3 rings (SSSR count). The van der Waals surface area contributed by atoms with E-state index in [2.05, 4.69) is 15.4 Å². The summed E-state index contributed by atoms with van der Waals surface area (Å²) in [4.78, 5) is 1.69. The molecule has 8 heteroatoms. The molecule has 0 aliphatic carbocycles. The molecule has 0 amide bonds. The third kappa shape index (κ3) is 3.34. The molecular weight excluding hydrogens is 326 g/mol. The van der Waals surface area contributed by atoms with E-state index < -0.39 is 10.0 Å². The number of rotatable bonds is 5. The Morgan fingerprint density at radius 3 is 2.50 bits per heavy atom. The number of benzene rings is 2. The first-order chi connectivity index (χ1) is 11.5. The average molecular weight is 343 g/mol. The first-order valence-electron chi connectivity index (χ1n) is 7.31. The SMILES string of the molecule is CN(C)S(=O)(=O)c1cccc(Cn2nnc(-c3ccccc3)n2)c1. The molecule has 0 saturated carbocycles. The number of hydrogen-bond acceptors (Lipinski definition) is 5. The molecular formula is C16H17N5O2S. The molecule has 0 saturated heterocycles. The van der Waals surface area contributed by atoms with Gasteiger partial charge in [-0.1, -0.05) is 42.5 Å². The predicted molar refractivity (Wildman–Crippen MR) is 89.7 cm³/mol. The Kier molecular flexibility index (Phi) is 4.41. The maximum Gasteiger partial charge on any atom is 0.242 e. The quantitative estimate of drug-likeness (QED) is 0.703. The molecule has 0 bridgehead atoms. The monoisotopic (exact) mass is 343 g/mol. The van der Waals surface area contributed by atoms with Crippen molar-refractivity contribution in [3.8, 4) is 11.4 Å². The Morgan fingerprint density at radius 1 is 1.04 bits per heavy atom. The van der Waals surface area contributed by atoms with Crippen LogP contribution in [-0.4, -0.2) is 47.0 Å². The molecule has 0 atom stereocenters. The van der Waals surface area contributed by atoms with Gasteiger partial charge in [0.15, 0.2) is 0 Å². The van der Waals surface area contributed by atoms with Crippen molar-refractivity contribution >= 4 is 10.0 Å². The summed E-state index contributed by atoms with van der Waals surface area (Å²) in [5.74, 6) is 0.535. The lowest BCUT2D eigenvalue weighted by molar-refractivity contribution is 0.520. The summed E-state index contributed by atoms with van der Waals surface area (Å²) in [5, 5.41) is 12.4. The van der Waals surface area contributed by atoms with Crippen LogP contribution in [0.1, 0.15) is 5.56 Å². The summed E-state index contributed by atoms with van der Waals surface area (Å²) in [6.07, 6.45) is 0. The molecule has 0 aliphatic rings. The van der Waals surface area contributed by atoms with Crippen molar-refractivity contribution in [1.82, 2.24) is 24.5 Å². The second kappa shape index (κ2) is 6.50. The molecule has 1 aromatic heterocycles. The van der Waals surface area contributed by atoms with Gasteiger partial charge in [0.2, 0.25) is 15.8 Å². The second-order valence-electron chi connectivity index (χ2n) is 5.44. The zero-order valence-electron chi connectivity index (χ0n) is 13.4. The fourth-order valence-corrected chi connectivity index (χ4v) is 3.16. The van der Waals surface area contributed by atoms with E-state index in [-0.39, 0.29) is 4.90 Å². The Labute approximate surface area is 140 Å². The minimum Gasteiger partial charge on any atom is -0.207 e. The molecule has 0 aliphatic heterocycles. The lowest BCUT2D eigenvalue weighted by Crippen LogP contribution is -2.22. The molecule has 1 heterocycles. The van der Waals surface area contributed by atoms with Gasteiger partial charge in [0.05, 0.1) is 11.4 Å². The molecule has 0 radical (unpaired) electrons. The van der Waals surface area contributed by atoms with Gasteiger partial charge in [0.1, 0.15) is 0 Å². The molecule has 0 spiro atoms. The van der Waals surface area contributed by atoms with Gasteiger partial charge in [0, 0.05) is 19.7 Å². The highest BCUT2D eigenvalue weighted by molar-refractivity contribution is 7.89. The van der Waals surface area contributed by atoms with Crippen molar-refractivity contribution < 1.29 is 8.42 Å². The highest BCUT2D eigenvalue weighted by Gasteiger charge is 2.17. The van der Waals surface area contributed by atoms with E-state index in [1.165, 1.54) is 23.2 Å². The van der Waals surface area contributed by atoms with Crippen LogP contribution in [0.15, 0.2) is 59.5 Å². The Bertz CT molecular complexity index is 936. The smallest absolute Gasteiger partial charge is 0.207 e. The van der Waals surface area contributed by atoms with Gasteiger partial charge in [-0.25, -0.2) is 12.7 Å². The molecule has 2 aromatic carbocycles. The number of sulfonamides is 1. The van der Waals surface area contributed by atoms with E-state index in [1.807, 2.05) is 36.4 Å². The van der Waals surface area contributed by atoms with E-state index in [1.54, 1.807) is 18.2 Å². The molecule has 0 unspecified atom stereocenters. The van der Waals surface area contributed by atoms with Crippen LogP contribution in [0.5, 0.6) is 0 Å². The fraction of sp³-hybridized carbons (Fsp3) is 0.188. The van der Waals surface area contributed by atoms with Crippen molar-refractivity contribution in [3.05, 3.63) is 60.2 Å². The van der Waals surface area contributed by atoms with Crippen molar-refractivity contribution in [2.45, 2.75) is 11.4 Å². The summed E-state index contributed by atoms with van der Waals surface area (Å²) >= 11 is 0. The molecule has 0 N–H and O–H groups in total. The van der Waals surface area contributed by atoms with Crippen LogP contribution in [0.2, 0.25) is 0 Å². The summed E-state index contributed by atoms with van der Waals surface area (Å²) in [5.41, 5.74) is 1.67. The summed E-state index contributed by atoms with van der Waals surface area (Å²) in [6, 6.07) is 16.3. The molecule has 3 aromatic rings. The van der Waals surface area contributed by atoms with E-state index in [0.717, 1.165) is 11.1 Å². The molecule has 124 valence electrons. The van der Waals surface area contributed by atoms with Crippen molar-refractivity contribution in [2.75, 3.05) is 14.1 Å². The molecule has 7 nitrogen and oxygen atoms in total. The van der Waals surface area contributed by atoms with E-state index in [0.29, 0.717) is 12.4 Å². The summed E-state index contributed by atoms with van der Waals surface area (Å²) in [7, 11) is -0.448. The molecule has 0 fully saturated rings. The van der Waals surface area contributed by atoms with Gasteiger partial charge in [-0.05, 0) is 22.9 Å². The van der Waals surface area contributed by atoms with Gasteiger partial charge in [0.25, 0.3) is 0 Å². The number of hydrogen-bond donors (Lipinski definition) is 0. The minimum absolute atomic E-state index is 0.244. The van der Waals surface area contributed by atoms with Crippen LogP contribution < -0.4 is 0 Å². The van der Waals surface area contributed by atoms with Gasteiger partial charge < -0.3 is 0 Å². The average Bonchev–Trinajstić information content (AvgIpc) is 3.04. The summed E-state index contributed by atoms with van der Waals surface area (Å²) < 4.78 is 25.6. The maximum absolute atomic E-state index is 12.2. The molecule has 24 heavy (non-hydrogen) atoms. The highest BCUT2D eigenvalue weighted by atomic mass is 32.2. The lowest BCUT2D eigenvalue weighted by atomic mass is 10.2. The van der Waals surface area contributed by atoms with E-state index >= 15 is 0 Å². The third-order valence-corrected chi connectivity index (χ3v) is 5.30. The van der Waals surface area contributed by atoms with Crippen LogP contribution in [0.3, 0.4) is 0 Å². The van der Waals surface area contributed by atoms with Gasteiger partial charge in [-0.2, -0.15) is 4.80 Å². The van der Waals surface area contributed by atoms with Crippen molar-refractivity contribution in [3.63, 3.8) is 0 Å². The van der Waals surface area contributed by atoms with Crippen LogP contribution in [0, 0.1) is 0 Å². The van der Waals surface area contributed by atoms with Crippen LogP contribution in [0.4, 0.5) is 0 Å². The topological polar surface area (TPSA) is 81.0 Å². The number of tetrazole rings is 1. The van der Waals surface area contributed by atoms with Gasteiger partial charge in [-0.3, -0.25) is 0 Å². The Hall–Kier alpha value is -2.58. The minimum atomic E-state index is -3.46. The van der Waals surface area contributed by atoms with Crippen LogP contribution >= 0.6 is 0 Å². The highest BCUT2D eigenvalue weighted by Crippen LogP contribution is 2.16. The van der Waals surface area contributed by atoms with Crippen LogP contribution in [0.25, 0.3) is 11.4 Å². The third-order valence-electron chi connectivity index (χ3n) is 3.49. The van der Waals surface area contributed by atoms with E-state index in [9.17, 15) is 8.42 Å². The first kappa shape index (κ1) is 16.3. The largest absolute Gasteiger partial charge is 0.242 e. The van der Waals surface area contributed by atoms with Gasteiger partial charge >= 0.3 is 0 Å². The Balaban J connectivity index is 1.84. The Morgan fingerprint density at radius 2 is 1.79 bits per heavy atom. The number of nitrogens with zero attached hydrogens (tertiary/aromatic N) is 5. The van der Waals surface area contributed by atoms with E-state index in [4.69, 9.17) is 0 Å². The maximum atomic E-state index is 12.2. The van der Waals surface area contributed by atoms with Crippen molar-refractivity contribution in [2.24, 2.45) is 0 Å². The zero-order valence-corrected chi connectivity index (χ0v) is 14.2. The standard InChI is InChI=1S/C16H17N5O2S/c1-20(2)24(22,23)15-10-6-7-13(11-15)12-21-18-16(17-19-21)14-8-4-3-5-9-14/h3-11H,12H2,1-2H3. The fourth-order valence-electron chi connectivity index (χ4n) is 2.19. The predicted octanol–water partition coefficient (Wildman–Crippen LogP) is 1.64. The van der Waals surface area contributed by atoms with Crippen LogP contribution in [-0.2, 0) is 16.6 Å². The first-order valence-corrected chi connectivity index (χ1v) is 8.75. The number of aromatic nitrogens is 4. The summed E-state index contributed by atoms with van der Waals surface area (Å²) in [6.45, 7) is 0.344. The lowest BCUT2D eigenvalue weighted by Gasteiger charge is -2.12.